The summed E-state index contributed by atoms with van der Waals surface area (Å²) in [7, 11) is 0. The fraction of sp³-hybridized carbons (Fsp3) is 0.292. The van der Waals surface area contributed by atoms with Crippen LogP contribution in [0, 0.1) is 11.8 Å². The van der Waals surface area contributed by atoms with Gasteiger partial charge < -0.3 is 14.0 Å². The Hall–Kier alpha value is -3.40. The molecular weight excluding hydrogens is 407 g/mol. The van der Waals surface area contributed by atoms with E-state index in [9.17, 15) is 18.0 Å². The monoisotopic (exact) mass is 429 g/mol. The predicted molar refractivity (Wildman–Crippen MR) is 112 cm³/mol. The Morgan fingerprint density at radius 2 is 1.87 bits per heavy atom. The number of carbonyl (C=O) groups excluding carboxylic acids is 1. The minimum atomic E-state index is -4.34. The predicted octanol–water partition coefficient (Wildman–Crippen LogP) is 5.43. The molecule has 0 saturated heterocycles. The van der Waals surface area contributed by atoms with Gasteiger partial charge >= 0.3 is 12.1 Å². The molecule has 0 aliphatic carbocycles. The van der Waals surface area contributed by atoms with Gasteiger partial charge in [-0.25, -0.2) is 0 Å². The summed E-state index contributed by atoms with van der Waals surface area (Å²) in [5, 5.41) is 0.999. The van der Waals surface area contributed by atoms with Crippen LogP contribution in [0.2, 0.25) is 0 Å². The molecule has 0 saturated carbocycles. The third-order valence-corrected chi connectivity index (χ3v) is 4.51. The number of benzene rings is 2. The largest absolute Gasteiger partial charge is 0.493 e. The summed E-state index contributed by atoms with van der Waals surface area (Å²) in [5.74, 6) is 6.20. The number of esters is 1. The van der Waals surface area contributed by atoms with Gasteiger partial charge in [-0.15, -0.1) is 0 Å². The Balaban J connectivity index is 1.50. The third kappa shape index (κ3) is 6.29. The molecule has 0 N–H and O–H groups in total. The number of unbranched alkanes of at least 4 members (excludes halogenated alkanes) is 1. The van der Waals surface area contributed by atoms with Crippen molar-refractivity contribution in [1.82, 2.24) is 4.57 Å². The summed E-state index contributed by atoms with van der Waals surface area (Å²) in [4.78, 5) is 11.7. The number of halogens is 3. The van der Waals surface area contributed by atoms with E-state index >= 15 is 0 Å². The summed E-state index contributed by atoms with van der Waals surface area (Å²) < 4.78 is 50.3. The second-order valence-electron chi connectivity index (χ2n) is 6.80. The summed E-state index contributed by atoms with van der Waals surface area (Å²) >= 11 is 0. The molecule has 0 spiro atoms. The summed E-state index contributed by atoms with van der Waals surface area (Å²) in [5.41, 5.74) is 0.742. The number of fused-ring (bicyclic) bond motifs is 1. The maximum atomic E-state index is 12.6. The molecule has 0 aliphatic rings. The smallest absolute Gasteiger partial charge is 0.416 e. The molecule has 3 aromatic rings. The van der Waals surface area contributed by atoms with Crippen molar-refractivity contribution in [2.24, 2.45) is 0 Å². The molecule has 4 nitrogen and oxygen atoms in total. The highest BCUT2D eigenvalue weighted by molar-refractivity contribution is 5.83. The number of hydrogen-bond donors (Lipinski definition) is 0. The fourth-order valence-electron chi connectivity index (χ4n) is 2.99. The van der Waals surface area contributed by atoms with Crippen molar-refractivity contribution in [3.8, 4) is 17.6 Å². The second-order valence-corrected chi connectivity index (χ2v) is 6.80. The average Bonchev–Trinajstić information content (AvgIpc) is 3.12. The molecule has 1 aromatic heterocycles. The van der Waals surface area contributed by atoms with E-state index in [1.807, 2.05) is 35.0 Å². The highest BCUT2D eigenvalue weighted by Gasteiger charge is 2.29. The molecule has 0 atom stereocenters. The number of rotatable bonds is 7. The van der Waals surface area contributed by atoms with E-state index in [0.29, 0.717) is 37.4 Å². The number of hydrogen-bond acceptors (Lipinski definition) is 3. The van der Waals surface area contributed by atoms with E-state index in [-0.39, 0.29) is 12.5 Å². The van der Waals surface area contributed by atoms with Crippen LogP contribution in [0.4, 0.5) is 13.2 Å². The van der Waals surface area contributed by atoms with Gasteiger partial charge in [-0.3, -0.25) is 4.79 Å². The van der Waals surface area contributed by atoms with Crippen molar-refractivity contribution in [1.29, 1.82) is 0 Å². The Labute approximate surface area is 178 Å². The molecule has 0 fully saturated rings. The molecular formula is C24H22F3NO3. The van der Waals surface area contributed by atoms with Gasteiger partial charge in [-0.1, -0.05) is 11.8 Å². The Bertz CT molecular complexity index is 1090. The van der Waals surface area contributed by atoms with E-state index in [2.05, 4.69) is 11.8 Å². The first kappa shape index (κ1) is 22.3. The van der Waals surface area contributed by atoms with Gasteiger partial charge in [0.15, 0.2) is 0 Å². The first-order valence-electron chi connectivity index (χ1n) is 9.90. The third-order valence-electron chi connectivity index (χ3n) is 4.51. The van der Waals surface area contributed by atoms with Gasteiger partial charge in [0.2, 0.25) is 0 Å². The van der Waals surface area contributed by atoms with Crippen LogP contribution < -0.4 is 4.74 Å². The highest BCUT2D eigenvalue weighted by Crippen LogP contribution is 2.29. The van der Waals surface area contributed by atoms with Crippen molar-refractivity contribution >= 4 is 16.9 Å². The fourth-order valence-corrected chi connectivity index (χ4v) is 2.99. The Morgan fingerprint density at radius 1 is 1.10 bits per heavy atom. The number of nitrogens with zero attached hydrogens (tertiary/aromatic N) is 1. The number of ether oxygens (including phenoxy) is 2. The second kappa shape index (κ2) is 10.1. The van der Waals surface area contributed by atoms with E-state index in [1.54, 1.807) is 6.92 Å². The van der Waals surface area contributed by atoms with Gasteiger partial charge in [0, 0.05) is 24.2 Å². The maximum absolute atomic E-state index is 12.6. The number of aromatic nitrogens is 1. The van der Waals surface area contributed by atoms with Crippen LogP contribution >= 0.6 is 0 Å². The molecule has 0 amide bonds. The van der Waals surface area contributed by atoms with E-state index in [0.717, 1.165) is 23.0 Å². The SMILES string of the molecule is CCOC(=O)Cn1ccc2ccc(OCCCC#Cc3ccc(C(F)(F)F)cc3)cc21. The normalized spacial score (nSPS) is 11.1. The Morgan fingerprint density at radius 3 is 2.58 bits per heavy atom. The lowest BCUT2D eigenvalue weighted by atomic mass is 10.1. The molecule has 1 heterocycles. The standard InChI is InChI=1S/C24H22F3NO3/c1-2-30-23(29)17-28-14-13-19-9-12-21(16-22(19)28)31-15-5-3-4-6-18-7-10-20(11-8-18)24(25,26)27/h7-14,16H,2-3,5,15,17H2,1H3. The molecule has 7 heteroatoms. The van der Waals surface area contributed by atoms with Crippen LogP contribution in [0.1, 0.15) is 30.9 Å². The zero-order valence-corrected chi connectivity index (χ0v) is 17.0. The average molecular weight is 429 g/mol. The summed E-state index contributed by atoms with van der Waals surface area (Å²) in [6, 6.07) is 12.4. The van der Waals surface area contributed by atoms with Crippen LogP contribution in [0.5, 0.6) is 5.75 Å². The molecule has 31 heavy (non-hydrogen) atoms. The molecule has 0 bridgehead atoms. The topological polar surface area (TPSA) is 40.5 Å². The highest BCUT2D eigenvalue weighted by atomic mass is 19.4. The quantitative estimate of drug-likeness (QED) is 0.286. The van der Waals surface area contributed by atoms with E-state index < -0.39 is 11.7 Å². The number of alkyl halides is 3. The van der Waals surface area contributed by atoms with Crippen LogP contribution in [-0.4, -0.2) is 23.8 Å². The van der Waals surface area contributed by atoms with Gasteiger partial charge in [0.25, 0.3) is 0 Å². The number of carbonyl (C=O) groups is 1. The van der Waals surface area contributed by atoms with Crippen molar-refractivity contribution in [3.05, 3.63) is 65.9 Å². The first-order chi connectivity index (χ1) is 14.9. The lowest BCUT2D eigenvalue weighted by Crippen LogP contribution is -2.12. The Kier molecular flexibility index (Phi) is 7.24. The summed E-state index contributed by atoms with van der Waals surface area (Å²) in [6.45, 7) is 2.70. The zero-order valence-electron chi connectivity index (χ0n) is 17.0. The lowest BCUT2D eigenvalue weighted by molar-refractivity contribution is -0.143. The minimum Gasteiger partial charge on any atom is -0.493 e. The molecule has 3 rings (SSSR count). The van der Waals surface area contributed by atoms with Crippen molar-refractivity contribution < 1.29 is 27.4 Å². The molecule has 2 aromatic carbocycles. The molecule has 0 aliphatic heterocycles. The van der Waals surface area contributed by atoms with Crippen molar-refractivity contribution in [2.45, 2.75) is 32.5 Å². The molecule has 0 unspecified atom stereocenters. The van der Waals surface area contributed by atoms with Crippen molar-refractivity contribution in [2.75, 3.05) is 13.2 Å². The maximum Gasteiger partial charge on any atom is 0.416 e. The van der Waals surface area contributed by atoms with Crippen LogP contribution in [0.15, 0.2) is 54.7 Å². The van der Waals surface area contributed by atoms with Crippen LogP contribution in [-0.2, 0) is 22.3 Å². The first-order valence-corrected chi connectivity index (χ1v) is 9.90. The van der Waals surface area contributed by atoms with Gasteiger partial charge in [0.05, 0.1) is 24.3 Å². The van der Waals surface area contributed by atoms with Crippen LogP contribution in [0.3, 0.4) is 0 Å². The van der Waals surface area contributed by atoms with Gasteiger partial charge in [-0.2, -0.15) is 13.2 Å². The zero-order chi connectivity index (χ0) is 22.3. The summed E-state index contributed by atoms with van der Waals surface area (Å²) in [6.07, 6.45) is -1.27. The van der Waals surface area contributed by atoms with Gasteiger partial charge in [0.1, 0.15) is 12.3 Å². The van der Waals surface area contributed by atoms with Crippen LogP contribution in [0.25, 0.3) is 10.9 Å². The van der Waals surface area contributed by atoms with Crippen molar-refractivity contribution in [3.63, 3.8) is 0 Å². The van der Waals surface area contributed by atoms with E-state index in [4.69, 9.17) is 9.47 Å². The molecule has 0 radical (unpaired) electrons. The molecule has 162 valence electrons. The minimum absolute atomic E-state index is 0.139. The van der Waals surface area contributed by atoms with Gasteiger partial charge in [-0.05, 0) is 61.2 Å². The van der Waals surface area contributed by atoms with E-state index in [1.165, 1.54) is 12.1 Å². The lowest BCUT2D eigenvalue weighted by Gasteiger charge is -2.08.